The Kier molecular flexibility index (Phi) is 8.18. The molecule has 1 aliphatic rings. The second kappa shape index (κ2) is 11.9. The zero-order valence-corrected chi connectivity index (χ0v) is 23.2. The zero-order valence-electron chi connectivity index (χ0n) is 21.7. The molecule has 212 valence electrons. The standard InChI is InChI=1S/C29H24ClFN2O7S/c1-37-25-4-2-3-5-27(25)40-24-12-6-19(30)16-23(24)32-29(34)18-33(21-9-7-20(31)8-10-21)41(35,36)22-11-13-26-28(17-22)39-15-14-38-26/h2-13,16-17H,14-15,18H2,1H3,(H,32,34). The maximum atomic E-state index is 13.8. The molecular weight excluding hydrogens is 575 g/mol. The van der Waals surface area contributed by atoms with Crippen LogP contribution in [0.3, 0.4) is 0 Å². The van der Waals surface area contributed by atoms with E-state index in [1.165, 1.54) is 43.5 Å². The van der Waals surface area contributed by atoms with Crippen molar-refractivity contribution >= 4 is 38.9 Å². The van der Waals surface area contributed by atoms with Crippen LogP contribution in [0.5, 0.6) is 28.7 Å². The third kappa shape index (κ3) is 6.31. The molecule has 12 heteroatoms. The van der Waals surface area contributed by atoms with Gasteiger partial charge in [-0.1, -0.05) is 23.7 Å². The lowest BCUT2D eigenvalue weighted by Crippen LogP contribution is -2.38. The Morgan fingerprint density at radius 3 is 2.37 bits per heavy atom. The van der Waals surface area contributed by atoms with Crippen molar-refractivity contribution in [3.05, 3.63) is 95.8 Å². The Bertz CT molecular complexity index is 1680. The summed E-state index contributed by atoms with van der Waals surface area (Å²) >= 11 is 6.19. The van der Waals surface area contributed by atoms with Crippen molar-refractivity contribution in [2.45, 2.75) is 4.90 Å². The van der Waals surface area contributed by atoms with Crippen molar-refractivity contribution in [1.29, 1.82) is 0 Å². The molecule has 1 N–H and O–H groups in total. The summed E-state index contributed by atoms with van der Waals surface area (Å²) in [5.41, 5.74) is 0.275. The number of nitrogens with zero attached hydrogens (tertiary/aromatic N) is 1. The monoisotopic (exact) mass is 598 g/mol. The van der Waals surface area contributed by atoms with E-state index in [1.54, 1.807) is 36.4 Å². The molecule has 0 atom stereocenters. The lowest BCUT2D eigenvalue weighted by molar-refractivity contribution is -0.114. The highest BCUT2D eigenvalue weighted by atomic mass is 35.5. The first-order valence-electron chi connectivity index (χ1n) is 12.3. The van der Waals surface area contributed by atoms with Crippen LogP contribution >= 0.6 is 11.6 Å². The summed E-state index contributed by atoms with van der Waals surface area (Å²) in [5, 5.41) is 2.99. The first kappa shape index (κ1) is 28.1. The first-order valence-corrected chi connectivity index (χ1v) is 14.1. The number of carbonyl (C=O) groups is 1. The number of methoxy groups -OCH3 is 1. The van der Waals surface area contributed by atoms with Gasteiger partial charge in [0, 0.05) is 11.1 Å². The second-order valence-corrected chi connectivity index (χ2v) is 11.0. The highest BCUT2D eigenvalue weighted by molar-refractivity contribution is 7.92. The number of ether oxygens (including phenoxy) is 4. The van der Waals surface area contributed by atoms with Gasteiger partial charge in [-0.3, -0.25) is 9.10 Å². The van der Waals surface area contributed by atoms with E-state index in [9.17, 15) is 17.6 Å². The van der Waals surface area contributed by atoms with E-state index in [1.807, 2.05) is 0 Å². The Labute approximate surface area is 241 Å². The van der Waals surface area contributed by atoms with E-state index < -0.39 is 28.3 Å². The van der Waals surface area contributed by atoms with Gasteiger partial charge < -0.3 is 24.3 Å². The minimum atomic E-state index is -4.32. The van der Waals surface area contributed by atoms with Crippen LogP contribution in [0.2, 0.25) is 5.02 Å². The van der Waals surface area contributed by atoms with Gasteiger partial charge in [0.25, 0.3) is 10.0 Å². The lowest BCUT2D eigenvalue weighted by atomic mass is 10.2. The number of para-hydroxylation sites is 2. The van der Waals surface area contributed by atoms with Gasteiger partial charge in [0.1, 0.15) is 25.6 Å². The maximum absolute atomic E-state index is 13.8. The van der Waals surface area contributed by atoms with Gasteiger partial charge in [-0.2, -0.15) is 0 Å². The van der Waals surface area contributed by atoms with Crippen molar-refractivity contribution in [3.63, 3.8) is 0 Å². The summed E-state index contributed by atoms with van der Waals surface area (Å²) in [6.45, 7) is -0.0459. The van der Waals surface area contributed by atoms with Gasteiger partial charge >= 0.3 is 0 Å². The average molecular weight is 599 g/mol. The smallest absolute Gasteiger partial charge is 0.264 e. The van der Waals surface area contributed by atoms with Crippen molar-refractivity contribution < 1.29 is 36.6 Å². The summed E-state index contributed by atoms with van der Waals surface area (Å²) in [6.07, 6.45) is 0. The molecule has 1 heterocycles. The number of nitrogens with one attached hydrogen (secondary N) is 1. The summed E-state index contributed by atoms with van der Waals surface area (Å²) in [4.78, 5) is 13.2. The predicted molar refractivity (Wildman–Crippen MR) is 152 cm³/mol. The van der Waals surface area contributed by atoms with E-state index >= 15 is 0 Å². The van der Waals surface area contributed by atoms with Crippen LogP contribution in [0.4, 0.5) is 15.8 Å². The Morgan fingerprint density at radius 2 is 1.63 bits per heavy atom. The molecule has 0 unspecified atom stereocenters. The molecule has 0 fully saturated rings. The molecule has 4 aromatic carbocycles. The summed E-state index contributed by atoms with van der Waals surface area (Å²) in [5.74, 6) is 0.502. The number of fused-ring (bicyclic) bond motifs is 1. The fraction of sp³-hybridized carbons (Fsp3) is 0.138. The predicted octanol–water partition coefficient (Wildman–Crippen LogP) is 5.89. The molecule has 1 aliphatic heterocycles. The molecule has 41 heavy (non-hydrogen) atoms. The molecule has 0 aromatic heterocycles. The van der Waals surface area contributed by atoms with Crippen LogP contribution in [0.25, 0.3) is 0 Å². The Hall–Kier alpha value is -4.48. The second-order valence-electron chi connectivity index (χ2n) is 8.74. The molecule has 9 nitrogen and oxygen atoms in total. The number of halogens is 2. The summed E-state index contributed by atoms with van der Waals surface area (Å²) in [6, 6.07) is 20.5. The van der Waals surface area contributed by atoms with Crippen LogP contribution in [0, 0.1) is 5.82 Å². The van der Waals surface area contributed by atoms with Crippen LogP contribution < -0.4 is 28.6 Å². The van der Waals surface area contributed by atoms with E-state index in [0.29, 0.717) is 28.9 Å². The average Bonchev–Trinajstić information content (AvgIpc) is 2.97. The molecular formula is C29H24ClFN2O7S. The largest absolute Gasteiger partial charge is 0.493 e. The number of amides is 1. The minimum Gasteiger partial charge on any atom is -0.493 e. The number of carbonyl (C=O) groups excluding carboxylic acids is 1. The number of rotatable bonds is 9. The quantitative estimate of drug-likeness (QED) is 0.256. The van der Waals surface area contributed by atoms with Crippen LogP contribution in [0.15, 0.2) is 89.8 Å². The first-order chi connectivity index (χ1) is 19.7. The number of hydrogen-bond donors (Lipinski definition) is 1. The van der Waals surface area contributed by atoms with E-state index in [-0.39, 0.29) is 34.4 Å². The van der Waals surface area contributed by atoms with Crippen molar-refractivity contribution in [2.75, 3.05) is 36.5 Å². The molecule has 4 aromatic rings. The fourth-order valence-electron chi connectivity index (χ4n) is 4.06. The third-order valence-electron chi connectivity index (χ3n) is 6.01. The van der Waals surface area contributed by atoms with Crippen LogP contribution in [-0.4, -0.2) is 41.2 Å². The van der Waals surface area contributed by atoms with Crippen molar-refractivity contribution in [2.24, 2.45) is 0 Å². The molecule has 0 radical (unpaired) electrons. The topological polar surface area (TPSA) is 103 Å². The van der Waals surface area contributed by atoms with Crippen LogP contribution in [0.1, 0.15) is 0 Å². The molecule has 0 saturated carbocycles. The summed E-state index contributed by atoms with van der Waals surface area (Å²) < 4.78 is 64.6. The number of benzene rings is 4. The van der Waals surface area contributed by atoms with Crippen molar-refractivity contribution in [1.82, 2.24) is 0 Å². The number of anilines is 2. The molecule has 5 rings (SSSR count). The zero-order chi connectivity index (χ0) is 29.0. The molecule has 0 spiro atoms. The van der Waals surface area contributed by atoms with E-state index in [0.717, 1.165) is 16.4 Å². The normalized spacial score (nSPS) is 12.4. The molecule has 1 amide bonds. The number of sulfonamides is 1. The van der Waals surface area contributed by atoms with Gasteiger partial charge in [0.15, 0.2) is 28.7 Å². The van der Waals surface area contributed by atoms with Gasteiger partial charge in [-0.15, -0.1) is 0 Å². The van der Waals surface area contributed by atoms with Crippen molar-refractivity contribution in [3.8, 4) is 28.7 Å². The lowest BCUT2D eigenvalue weighted by Gasteiger charge is -2.25. The van der Waals surface area contributed by atoms with Gasteiger partial charge in [-0.25, -0.2) is 12.8 Å². The molecule has 0 bridgehead atoms. The SMILES string of the molecule is COc1ccccc1Oc1ccc(Cl)cc1NC(=O)CN(c1ccc(F)cc1)S(=O)(=O)c1ccc2c(c1)OCCO2. The van der Waals surface area contributed by atoms with E-state index in [2.05, 4.69) is 5.32 Å². The van der Waals surface area contributed by atoms with Gasteiger partial charge in [0.05, 0.1) is 23.4 Å². The maximum Gasteiger partial charge on any atom is 0.264 e. The Morgan fingerprint density at radius 1 is 0.927 bits per heavy atom. The fourth-order valence-corrected chi connectivity index (χ4v) is 5.67. The highest BCUT2D eigenvalue weighted by Crippen LogP contribution is 2.37. The van der Waals surface area contributed by atoms with E-state index in [4.69, 9.17) is 30.5 Å². The van der Waals surface area contributed by atoms with Gasteiger partial charge in [-0.05, 0) is 66.7 Å². The summed E-state index contributed by atoms with van der Waals surface area (Å²) in [7, 11) is -2.82. The number of hydrogen-bond acceptors (Lipinski definition) is 7. The van der Waals surface area contributed by atoms with Crippen LogP contribution in [-0.2, 0) is 14.8 Å². The Balaban J connectivity index is 1.45. The molecule has 0 aliphatic carbocycles. The highest BCUT2D eigenvalue weighted by Gasteiger charge is 2.29. The minimum absolute atomic E-state index is 0.0769. The molecule has 0 saturated heterocycles. The third-order valence-corrected chi connectivity index (χ3v) is 8.01. The van der Waals surface area contributed by atoms with Gasteiger partial charge in [0.2, 0.25) is 5.91 Å².